The van der Waals surface area contributed by atoms with Crippen molar-refractivity contribution < 1.29 is 27.2 Å². The first-order valence-electron chi connectivity index (χ1n) is 10.8. The SMILES string of the molecule is CN(c1ccc2[nH]nc(F)c2c1)c1cccc2c1C(=O)N(CC(=O)N1CCC[C@H]1C(F)(F)F)C2. The highest BCUT2D eigenvalue weighted by Crippen LogP contribution is 2.36. The summed E-state index contributed by atoms with van der Waals surface area (Å²) in [5.41, 5.74) is 2.75. The molecule has 5 rings (SSSR count). The quantitative estimate of drug-likeness (QED) is 0.580. The maximum Gasteiger partial charge on any atom is 0.408 e. The molecule has 1 N–H and O–H groups in total. The third kappa shape index (κ3) is 3.64. The fourth-order valence-electron chi connectivity index (χ4n) is 4.79. The largest absolute Gasteiger partial charge is 0.408 e. The minimum Gasteiger partial charge on any atom is -0.344 e. The molecule has 2 aliphatic rings. The maximum absolute atomic E-state index is 13.9. The van der Waals surface area contributed by atoms with E-state index in [1.165, 1.54) is 4.90 Å². The van der Waals surface area contributed by atoms with Gasteiger partial charge in [-0.15, -0.1) is 5.10 Å². The Morgan fingerprint density at radius 1 is 1.26 bits per heavy atom. The number of anilines is 2. The van der Waals surface area contributed by atoms with E-state index in [4.69, 9.17) is 0 Å². The minimum absolute atomic E-state index is 0.0268. The molecule has 11 heteroatoms. The molecule has 3 heterocycles. The van der Waals surface area contributed by atoms with Crippen LogP contribution in [-0.4, -0.2) is 64.2 Å². The van der Waals surface area contributed by atoms with Crippen molar-refractivity contribution in [1.82, 2.24) is 20.0 Å². The van der Waals surface area contributed by atoms with Crippen molar-refractivity contribution in [1.29, 1.82) is 0 Å². The fourth-order valence-corrected chi connectivity index (χ4v) is 4.79. The van der Waals surface area contributed by atoms with Crippen LogP contribution < -0.4 is 4.90 Å². The molecule has 1 atom stereocenters. The maximum atomic E-state index is 13.9. The lowest BCUT2D eigenvalue weighted by molar-refractivity contribution is -0.182. The van der Waals surface area contributed by atoms with E-state index in [1.54, 1.807) is 48.3 Å². The third-order valence-corrected chi connectivity index (χ3v) is 6.52. The second-order valence-corrected chi connectivity index (χ2v) is 8.56. The molecule has 7 nitrogen and oxygen atoms in total. The van der Waals surface area contributed by atoms with E-state index in [1.807, 2.05) is 0 Å². The summed E-state index contributed by atoms with van der Waals surface area (Å²) in [6.07, 6.45) is -4.34. The van der Waals surface area contributed by atoms with Crippen molar-refractivity contribution in [3.05, 3.63) is 53.5 Å². The molecule has 3 aromatic rings. The number of H-pyrrole nitrogens is 1. The average molecular weight is 475 g/mol. The molecule has 178 valence electrons. The lowest BCUT2D eigenvalue weighted by Crippen LogP contribution is -2.48. The normalized spacial score (nSPS) is 18.1. The number of rotatable bonds is 4. The summed E-state index contributed by atoms with van der Waals surface area (Å²) >= 11 is 0. The van der Waals surface area contributed by atoms with E-state index in [9.17, 15) is 27.2 Å². The number of nitrogens with zero attached hydrogens (tertiary/aromatic N) is 4. The van der Waals surface area contributed by atoms with E-state index in [0.29, 0.717) is 33.4 Å². The number of fused-ring (bicyclic) bond motifs is 2. The number of likely N-dealkylation sites (tertiary alicyclic amines) is 1. The molecule has 1 fully saturated rings. The van der Waals surface area contributed by atoms with Gasteiger partial charge in [0, 0.05) is 25.8 Å². The molecule has 0 spiro atoms. The Hall–Kier alpha value is -3.63. The molecule has 0 bridgehead atoms. The molecule has 2 amide bonds. The van der Waals surface area contributed by atoms with Crippen LogP contribution in [0.25, 0.3) is 10.9 Å². The van der Waals surface area contributed by atoms with E-state index in [0.717, 1.165) is 4.90 Å². The summed E-state index contributed by atoms with van der Waals surface area (Å²) < 4.78 is 53.8. The van der Waals surface area contributed by atoms with Crippen LogP contribution in [0.5, 0.6) is 0 Å². The van der Waals surface area contributed by atoms with Gasteiger partial charge in [0.1, 0.15) is 12.6 Å². The van der Waals surface area contributed by atoms with Gasteiger partial charge in [-0.2, -0.15) is 17.6 Å². The van der Waals surface area contributed by atoms with Crippen LogP contribution in [0, 0.1) is 5.95 Å². The predicted molar refractivity (Wildman–Crippen MR) is 116 cm³/mol. The fraction of sp³-hybridized carbons (Fsp3) is 0.348. The summed E-state index contributed by atoms with van der Waals surface area (Å²) in [6, 6.07) is 8.49. The molecule has 0 unspecified atom stereocenters. The molecule has 1 aromatic heterocycles. The first kappa shape index (κ1) is 22.2. The molecular weight excluding hydrogens is 454 g/mol. The first-order valence-corrected chi connectivity index (χ1v) is 10.8. The summed E-state index contributed by atoms with van der Waals surface area (Å²) in [6.45, 7) is -0.268. The van der Waals surface area contributed by atoms with Gasteiger partial charge < -0.3 is 14.7 Å². The molecule has 0 saturated carbocycles. The summed E-state index contributed by atoms with van der Waals surface area (Å²) in [5, 5.41) is 6.45. The van der Waals surface area contributed by atoms with Crippen molar-refractivity contribution in [3.63, 3.8) is 0 Å². The number of alkyl halides is 3. The van der Waals surface area contributed by atoms with Crippen LogP contribution in [0.3, 0.4) is 0 Å². The number of carbonyl (C=O) groups is 2. The lowest BCUT2D eigenvalue weighted by atomic mass is 10.1. The Morgan fingerprint density at radius 3 is 2.82 bits per heavy atom. The van der Waals surface area contributed by atoms with Crippen molar-refractivity contribution >= 4 is 34.1 Å². The number of halogens is 4. The Kier molecular flexibility index (Phi) is 5.22. The van der Waals surface area contributed by atoms with Crippen LogP contribution >= 0.6 is 0 Å². The lowest BCUT2D eigenvalue weighted by Gasteiger charge is -2.28. The zero-order valence-electron chi connectivity index (χ0n) is 18.2. The monoisotopic (exact) mass is 475 g/mol. The van der Waals surface area contributed by atoms with Gasteiger partial charge in [-0.3, -0.25) is 14.7 Å². The number of benzene rings is 2. The molecule has 34 heavy (non-hydrogen) atoms. The zero-order valence-corrected chi connectivity index (χ0v) is 18.2. The summed E-state index contributed by atoms with van der Waals surface area (Å²) in [4.78, 5) is 29.8. The van der Waals surface area contributed by atoms with E-state index in [2.05, 4.69) is 10.2 Å². The summed E-state index contributed by atoms with van der Waals surface area (Å²) in [7, 11) is 1.73. The number of aromatic nitrogens is 2. The van der Waals surface area contributed by atoms with Gasteiger partial charge in [-0.25, -0.2) is 0 Å². The zero-order chi connectivity index (χ0) is 24.2. The van der Waals surface area contributed by atoms with Crippen molar-refractivity contribution in [3.8, 4) is 0 Å². The number of aromatic amines is 1. The first-order chi connectivity index (χ1) is 16.1. The highest BCUT2D eigenvalue weighted by molar-refractivity contribution is 6.05. The van der Waals surface area contributed by atoms with Gasteiger partial charge in [0.2, 0.25) is 11.9 Å². The molecular formula is C23H21F4N5O2. The van der Waals surface area contributed by atoms with Crippen LogP contribution in [0.15, 0.2) is 36.4 Å². The van der Waals surface area contributed by atoms with Gasteiger partial charge in [-0.1, -0.05) is 12.1 Å². The highest BCUT2D eigenvalue weighted by Gasteiger charge is 2.48. The highest BCUT2D eigenvalue weighted by atomic mass is 19.4. The molecule has 2 aliphatic heterocycles. The molecule has 0 radical (unpaired) electrons. The van der Waals surface area contributed by atoms with E-state index < -0.39 is 36.5 Å². The Bertz CT molecular complexity index is 1290. The van der Waals surface area contributed by atoms with E-state index >= 15 is 0 Å². The van der Waals surface area contributed by atoms with Gasteiger partial charge in [0.25, 0.3) is 5.91 Å². The number of hydrogen-bond donors (Lipinski definition) is 1. The smallest absolute Gasteiger partial charge is 0.344 e. The third-order valence-electron chi connectivity index (χ3n) is 6.52. The second kappa shape index (κ2) is 8.00. The van der Waals surface area contributed by atoms with Crippen molar-refractivity contribution in [2.75, 3.05) is 25.0 Å². The molecule has 2 aromatic carbocycles. The number of amides is 2. The number of carbonyl (C=O) groups excluding carboxylic acids is 2. The predicted octanol–water partition coefficient (Wildman–Crippen LogP) is 3.98. The van der Waals surface area contributed by atoms with E-state index in [-0.39, 0.29) is 25.9 Å². The van der Waals surface area contributed by atoms with Crippen molar-refractivity contribution in [2.45, 2.75) is 31.6 Å². The number of nitrogens with one attached hydrogen (secondary N) is 1. The standard InChI is InChI=1S/C23H21F4N5O2/c1-30(14-7-8-16-15(10-14)21(24)29-28-16)17-5-2-4-13-11-31(22(34)20(13)17)12-19(33)32-9-3-6-18(32)23(25,26)27/h2,4-5,7-8,10,18H,3,6,9,11-12H2,1H3,(H,28,29)/t18-/m0/s1. The number of hydrogen-bond acceptors (Lipinski definition) is 4. The topological polar surface area (TPSA) is 72.5 Å². The Morgan fingerprint density at radius 2 is 2.06 bits per heavy atom. The van der Waals surface area contributed by atoms with Crippen LogP contribution in [0.4, 0.5) is 28.9 Å². The Balaban J connectivity index is 1.39. The molecule has 0 aliphatic carbocycles. The average Bonchev–Trinajstić information content (AvgIpc) is 3.51. The van der Waals surface area contributed by atoms with Gasteiger partial charge in [0.15, 0.2) is 0 Å². The minimum atomic E-state index is -4.49. The summed E-state index contributed by atoms with van der Waals surface area (Å²) in [5.74, 6) is -1.77. The second-order valence-electron chi connectivity index (χ2n) is 8.56. The van der Waals surface area contributed by atoms with Crippen LogP contribution in [-0.2, 0) is 11.3 Å². The molecule has 1 saturated heterocycles. The van der Waals surface area contributed by atoms with Crippen LogP contribution in [0.1, 0.15) is 28.8 Å². The van der Waals surface area contributed by atoms with Gasteiger partial charge in [0.05, 0.1) is 22.2 Å². The Labute approximate surface area is 191 Å². The van der Waals surface area contributed by atoms with Crippen molar-refractivity contribution in [2.24, 2.45) is 0 Å². The van der Waals surface area contributed by atoms with Gasteiger partial charge in [-0.05, 0) is 42.7 Å². The van der Waals surface area contributed by atoms with Gasteiger partial charge >= 0.3 is 6.18 Å². The van der Waals surface area contributed by atoms with Crippen LogP contribution in [0.2, 0.25) is 0 Å².